The van der Waals surface area contributed by atoms with Gasteiger partial charge in [-0.25, -0.2) is 13.5 Å². The predicted molar refractivity (Wildman–Crippen MR) is 109 cm³/mol. The molecule has 0 aliphatic rings. The maximum Gasteiger partial charge on any atom is 0.252 e. The van der Waals surface area contributed by atoms with Gasteiger partial charge in [0.1, 0.15) is 11.5 Å². The first-order chi connectivity index (χ1) is 14.6. The van der Waals surface area contributed by atoms with Crippen molar-refractivity contribution in [2.75, 3.05) is 6.54 Å². The molecule has 0 aliphatic carbocycles. The van der Waals surface area contributed by atoms with E-state index in [0.29, 0.717) is 23.4 Å². The predicted octanol–water partition coefficient (Wildman–Crippen LogP) is 4.19. The van der Waals surface area contributed by atoms with Gasteiger partial charge in [0.15, 0.2) is 5.82 Å². The smallest absolute Gasteiger partial charge is 0.252 e. The first-order valence-corrected chi connectivity index (χ1v) is 9.39. The van der Waals surface area contributed by atoms with Crippen LogP contribution < -0.4 is 5.32 Å². The number of carbonyl (C=O) groups excluding carboxylic acids is 1. The van der Waals surface area contributed by atoms with Crippen molar-refractivity contribution < 1.29 is 13.6 Å². The number of nitrogens with zero attached hydrogens (tertiary/aromatic N) is 3. The lowest BCUT2D eigenvalue weighted by atomic mass is 10.1. The molecule has 150 valence electrons. The van der Waals surface area contributed by atoms with E-state index in [1.54, 1.807) is 18.3 Å². The fraction of sp³-hybridized carbons (Fsp3) is 0.0870. The summed E-state index contributed by atoms with van der Waals surface area (Å²) in [5.74, 6) is -1.56. The van der Waals surface area contributed by atoms with Gasteiger partial charge in [-0.1, -0.05) is 30.3 Å². The molecule has 2 aromatic heterocycles. The van der Waals surface area contributed by atoms with Crippen molar-refractivity contribution in [3.05, 3.63) is 102 Å². The number of amides is 1. The number of hydrogen-bond donors (Lipinski definition) is 1. The summed E-state index contributed by atoms with van der Waals surface area (Å²) in [5.41, 5.74) is 2.97. The van der Waals surface area contributed by atoms with Crippen molar-refractivity contribution in [2.45, 2.75) is 6.42 Å². The molecule has 0 fully saturated rings. The van der Waals surface area contributed by atoms with Gasteiger partial charge in [0, 0.05) is 30.6 Å². The SMILES string of the molecule is O=C(NCCc1ccccc1)c1ccc(-c2cnn(-c3ccc(F)cc3F)c2)nc1. The number of rotatable bonds is 6. The van der Waals surface area contributed by atoms with E-state index in [0.717, 1.165) is 18.1 Å². The molecule has 0 radical (unpaired) electrons. The molecule has 30 heavy (non-hydrogen) atoms. The average Bonchev–Trinajstić information content (AvgIpc) is 3.24. The monoisotopic (exact) mass is 404 g/mol. The highest BCUT2D eigenvalue weighted by Gasteiger charge is 2.11. The summed E-state index contributed by atoms with van der Waals surface area (Å²) in [6, 6.07) is 16.6. The van der Waals surface area contributed by atoms with Crippen LogP contribution in [-0.4, -0.2) is 27.2 Å². The fourth-order valence-electron chi connectivity index (χ4n) is 3.02. The molecule has 0 bridgehead atoms. The zero-order valence-corrected chi connectivity index (χ0v) is 15.9. The molecule has 1 amide bonds. The quantitative estimate of drug-likeness (QED) is 0.524. The largest absolute Gasteiger partial charge is 0.352 e. The minimum Gasteiger partial charge on any atom is -0.352 e. The highest BCUT2D eigenvalue weighted by molar-refractivity contribution is 5.94. The first kappa shape index (κ1) is 19.4. The number of aromatic nitrogens is 3. The number of benzene rings is 2. The standard InChI is InChI=1S/C23H18F2N4O/c24-19-7-9-22(20(25)12-19)29-15-18(14-28-29)21-8-6-17(13-27-21)23(30)26-11-10-16-4-2-1-3-5-16/h1-9,12-15H,10-11H2,(H,26,30). The summed E-state index contributed by atoms with van der Waals surface area (Å²) in [7, 11) is 0. The third-order valence-corrected chi connectivity index (χ3v) is 4.60. The Kier molecular flexibility index (Phi) is 5.61. The van der Waals surface area contributed by atoms with Crippen molar-refractivity contribution in [3.8, 4) is 16.9 Å². The summed E-state index contributed by atoms with van der Waals surface area (Å²) in [4.78, 5) is 16.6. The van der Waals surface area contributed by atoms with Crippen LogP contribution in [0.1, 0.15) is 15.9 Å². The van der Waals surface area contributed by atoms with E-state index in [4.69, 9.17) is 0 Å². The molecule has 7 heteroatoms. The maximum absolute atomic E-state index is 13.9. The zero-order valence-electron chi connectivity index (χ0n) is 15.9. The van der Waals surface area contributed by atoms with Crippen molar-refractivity contribution in [3.63, 3.8) is 0 Å². The molecule has 5 nitrogen and oxygen atoms in total. The van der Waals surface area contributed by atoms with Crippen LogP contribution in [0.3, 0.4) is 0 Å². The lowest BCUT2D eigenvalue weighted by molar-refractivity contribution is 0.0954. The summed E-state index contributed by atoms with van der Waals surface area (Å²) < 4.78 is 28.3. The number of halogens is 2. The third-order valence-electron chi connectivity index (χ3n) is 4.60. The second-order valence-electron chi connectivity index (χ2n) is 6.69. The van der Waals surface area contributed by atoms with Crippen LogP contribution in [0.4, 0.5) is 8.78 Å². The lowest BCUT2D eigenvalue weighted by Gasteiger charge is -2.06. The number of pyridine rings is 1. The second kappa shape index (κ2) is 8.65. The van der Waals surface area contributed by atoms with Gasteiger partial charge in [-0.15, -0.1) is 0 Å². The van der Waals surface area contributed by atoms with Crippen LogP contribution in [-0.2, 0) is 6.42 Å². The lowest BCUT2D eigenvalue weighted by Crippen LogP contribution is -2.25. The molecule has 4 rings (SSSR count). The van der Waals surface area contributed by atoms with Crippen molar-refractivity contribution in [1.29, 1.82) is 0 Å². The van der Waals surface area contributed by atoms with Crippen molar-refractivity contribution in [2.24, 2.45) is 0 Å². The maximum atomic E-state index is 13.9. The fourth-order valence-corrected chi connectivity index (χ4v) is 3.02. The Morgan fingerprint density at radius 3 is 2.57 bits per heavy atom. The van der Waals surface area contributed by atoms with Gasteiger partial charge in [0.05, 0.1) is 17.5 Å². The Labute approximate surface area is 172 Å². The van der Waals surface area contributed by atoms with Gasteiger partial charge in [-0.3, -0.25) is 9.78 Å². The number of carbonyl (C=O) groups is 1. The Hall–Kier alpha value is -3.87. The molecule has 0 saturated heterocycles. The molecule has 4 aromatic rings. The molecular formula is C23H18F2N4O. The molecule has 0 unspecified atom stereocenters. The molecule has 2 heterocycles. The van der Waals surface area contributed by atoms with Crippen molar-refractivity contribution in [1.82, 2.24) is 20.1 Å². The summed E-state index contributed by atoms with van der Waals surface area (Å²) in [5, 5.41) is 6.99. The van der Waals surface area contributed by atoms with E-state index in [9.17, 15) is 13.6 Å². The molecule has 2 aromatic carbocycles. The van der Waals surface area contributed by atoms with Gasteiger partial charge >= 0.3 is 0 Å². The molecule has 0 atom stereocenters. The van der Waals surface area contributed by atoms with E-state index in [1.165, 1.54) is 29.2 Å². The Morgan fingerprint density at radius 1 is 1.00 bits per heavy atom. The van der Waals surface area contributed by atoms with Gasteiger partial charge in [0.2, 0.25) is 0 Å². The highest BCUT2D eigenvalue weighted by Crippen LogP contribution is 2.20. The van der Waals surface area contributed by atoms with Gasteiger partial charge < -0.3 is 5.32 Å². The Morgan fingerprint density at radius 2 is 1.83 bits per heavy atom. The van der Waals surface area contributed by atoms with Gasteiger partial charge in [0.25, 0.3) is 5.91 Å². The normalized spacial score (nSPS) is 10.7. The van der Waals surface area contributed by atoms with Crippen LogP contribution in [0.25, 0.3) is 16.9 Å². The second-order valence-corrected chi connectivity index (χ2v) is 6.69. The zero-order chi connectivity index (χ0) is 20.9. The van der Waals surface area contributed by atoms with Crippen LogP contribution in [0.5, 0.6) is 0 Å². The summed E-state index contributed by atoms with van der Waals surface area (Å²) in [6.07, 6.45) is 5.36. The van der Waals surface area contributed by atoms with Crippen LogP contribution in [0.2, 0.25) is 0 Å². The third kappa shape index (κ3) is 4.41. The molecule has 1 N–H and O–H groups in total. The van der Waals surface area contributed by atoms with Crippen LogP contribution >= 0.6 is 0 Å². The molecule has 0 aliphatic heterocycles. The summed E-state index contributed by atoms with van der Waals surface area (Å²) >= 11 is 0. The van der Waals surface area contributed by atoms with Gasteiger partial charge in [-0.2, -0.15) is 5.10 Å². The summed E-state index contributed by atoms with van der Waals surface area (Å²) in [6.45, 7) is 0.528. The minimum absolute atomic E-state index is 0.136. The van der Waals surface area contributed by atoms with E-state index < -0.39 is 11.6 Å². The Bertz CT molecular complexity index is 1160. The molecular weight excluding hydrogens is 386 g/mol. The molecule has 0 spiro atoms. The van der Waals surface area contributed by atoms with Crippen LogP contribution in [0.15, 0.2) is 79.3 Å². The first-order valence-electron chi connectivity index (χ1n) is 9.39. The van der Waals surface area contributed by atoms with E-state index in [2.05, 4.69) is 15.4 Å². The molecule has 0 saturated carbocycles. The number of hydrogen-bond acceptors (Lipinski definition) is 3. The van der Waals surface area contributed by atoms with E-state index in [-0.39, 0.29) is 11.6 Å². The average molecular weight is 404 g/mol. The minimum atomic E-state index is -0.708. The highest BCUT2D eigenvalue weighted by atomic mass is 19.1. The van der Waals surface area contributed by atoms with Crippen molar-refractivity contribution >= 4 is 5.91 Å². The number of nitrogens with one attached hydrogen (secondary N) is 1. The van der Waals surface area contributed by atoms with Crippen LogP contribution in [0, 0.1) is 11.6 Å². The Balaban J connectivity index is 1.41. The van der Waals surface area contributed by atoms with E-state index in [1.807, 2.05) is 30.3 Å². The topological polar surface area (TPSA) is 59.8 Å². The van der Waals surface area contributed by atoms with Gasteiger partial charge in [-0.05, 0) is 36.2 Å². The van der Waals surface area contributed by atoms with E-state index >= 15 is 0 Å².